The molecule has 12 heteroatoms. The van der Waals surface area contributed by atoms with Crippen LogP contribution in [0.4, 0.5) is 0 Å². The Morgan fingerprint density at radius 2 is 0.833 bits per heavy atom. The lowest BCUT2D eigenvalue weighted by Gasteiger charge is -2.10. The van der Waals surface area contributed by atoms with Gasteiger partial charge in [-0.1, -0.05) is 61.7 Å². The number of unbranched alkanes of at least 4 members (excludes halogenated alkanes) is 7. The van der Waals surface area contributed by atoms with Crippen molar-refractivity contribution in [1.82, 2.24) is 0 Å². The van der Waals surface area contributed by atoms with E-state index >= 15 is 0 Å². The summed E-state index contributed by atoms with van der Waals surface area (Å²) in [6.07, 6.45) is 6.29. The lowest BCUT2D eigenvalue weighted by atomic mass is 10.1. The van der Waals surface area contributed by atoms with Gasteiger partial charge < -0.3 is 19.6 Å². The van der Waals surface area contributed by atoms with Crippen LogP contribution in [-0.2, 0) is 9.13 Å². The van der Waals surface area contributed by atoms with Gasteiger partial charge in [0.1, 0.15) is 0 Å². The molecule has 0 aromatic rings. The summed E-state index contributed by atoms with van der Waals surface area (Å²) in [6.45, 7) is 0. The van der Waals surface area contributed by atoms with E-state index in [0.717, 1.165) is 38.5 Å². The van der Waals surface area contributed by atoms with Crippen molar-refractivity contribution >= 4 is 15.2 Å². The third kappa shape index (κ3) is 11.1. The maximum Gasteiger partial charge on any atom is 0.353 e. The molecule has 2 unspecified atom stereocenters. The van der Waals surface area contributed by atoms with Crippen molar-refractivity contribution in [2.45, 2.75) is 75.8 Å². The van der Waals surface area contributed by atoms with Gasteiger partial charge >= 0.3 is 15.2 Å². The van der Waals surface area contributed by atoms with Gasteiger partial charge in [-0.3, -0.25) is 9.13 Å². The van der Waals surface area contributed by atoms with Crippen LogP contribution < -0.4 is 0 Å². The van der Waals surface area contributed by atoms with Crippen LogP contribution in [-0.4, -0.2) is 31.1 Å². The molecule has 0 aliphatic rings. The Kier molecular flexibility index (Phi) is 11.7. The third-order valence-electron chi connectivity index (χ3n) is 3.69. The molecular weight excluding hydrogens is 362 g/mol. The van der Waals surface area contributed by atoms with Crippen molar-refractivity contribution in [2.24, 2.45) is 10.4 Å². The van der Waals surface area contributed by atoms with Gasteiger partial charge in [-0.25, -0.2) is 0 Å². The van der Waals surface area contributed by atoms with Crippen LogP contribution in [0.1, 0.15) is 64.2 Å². The van der Waals surface area contributed by atoms with E-state index in [9.17, 15) is 18.9 Å². The Bertz CT molecular complexity index is 422. The molecular formula is C12H26N2O8P2. The van der Waals surface area contributed by atoms with Gasteiger partial charge in [-0.15, -0.1) is 9.81 Å². The van der Waals surface area contributed by atoms with Crippen molar-refractivity contribution in [3.63, 3.8) is 0 Å². The van der Waals surface area contributed by atoms with Crippen molar-refractivity contribution in [3.05, 3.63) is 9.81 Å². The minimum atomic E-state index is -4.44. The van der Waals surface area contributed by atoms with E-state index in [1.807, 2.05) is 0 Å². The summed E-state index contributed by atoms with van der Waals surface area (Å²) in [4.78, 5) is 56.1. The molecule has 0 radical (unpaired) electrons. The molecule has 0 amide bonds. The van der Waals surface area contributed by atoms with Gasteiger partial charge in [0.15, 0.2) is 11.6 Å². The summed E-state index contributed by atoms with van der Waals surface area (Å²) in [6, 6.07) is 0. The first kappa shape index (κ1) is 23.5. The first-order valence-electron chi connectivity index (χ1n) is 7.88. The Balaban J connectivity index is 3.59. The minimum absolute atomic E-state index is 0.0796. The van der Waals surface area contributed by atoms with Crippen molar-refractivity contribution in [3.8, 4) is 0 Å². The van der Waals surface area contributed by atoms with Crippen molar-refractivity contribution < 1.29 is 28.7 Å². The SMILES string of the molecule is O=NC(CCCCCCCCCCC(N=O)P(=O)(O)O)P(=O)(O)O. The highest BCUT2D eigenvalue weighted by Gasteiger charge is 2.29. The monoisotopic (exact) mass is 388 g/mol. The normalized spacial score (nSPS) is 15.0. The molecule has 4 N–H and O–H groups in total. The fraction of sp³-hybridized carbons (Fsp3) is 1.00. The Morgan fingerprint density at radius 3 is 1.04 bits per heavy atom. The van der Waals surface area contributed by atoms with E-state index in [-0.39, 0.29) is 12.8 Å². The van der Waals surface area contributed by atoms with Crippen LogP contribution in [0.3, 0.4) is 0 Å². The number of hydrogen-bond acceptors (Lipinski definition) is 6. The molecule has 0 saturated heterocycles. The molecule has 0 bridgehead atoms. The molecule has 0 aliphatic carbocycles. The van der Waals surface area contributed by atoms with E-state index in [4.69, 9.17) is 19.6 Å². The Hall–Kier alpha value is -0.500. The zero-order valence-electron chi connectivity index (χ0n) is 13.4. The quantitative estimate of drug-likeness (QED) is 0.187. The highest BCUT2D eigenvalue weighted by molar-refractivity contribution is 7.52. The van der Waals surface area contributed by atoms with Gasteiger partial charge in [0.25, 0.3) is 0 Å². The second kappa shape index (κ2) is 12.0. The summed E-state index contributed by atoms with van der Waals surface area (Å²) >= 11 is 0. The number of hydrogen-bond donors (Lipinski definition) is 4. The van der Waals surface area contributed by atoms with Crippen LogP contribution in [0.15, 0.2) is 10.4 Å². The maximum atomic E-state index is 10.9. The van der Waals surface area contributed by atoms with E-state index in [0.29, 0.717) is 12.8 Å². The fourth-order valence-electron chi connectivity index (χ4n) is 2.28. The third-order valence-corrected chi connectivity index (χ3v) is 5.95. The zero-order chi connectivity index (χ0) is 18.6. The van der Waals surface area contributed by atoms with E-state index in [2.05, 4.69) is 10.4 Å². The van der Waals surface area contributed by atoms with E-state index in [1.54, 1.807) is 0 Å². The van der Waals surface area contributed by atoms with Crippen LogP contribution >= 0.6 is 15.2 Å². The fourth-order valence-corrected chi connectivity index (χ4v) is 3.56. The molecule has 0 spiro atoms. The van der Waals surface area contributed by atoms with Crippen LogP contribution in [0.2, 0.25) is 0 Å². The summed E-state index contributed by atoms with van der Waals surface area (Å²) in [5.41, 5.74) is 0. The average molecular weight is 388 g/mol. The van der Waals surface area contributed by atoms with E-state index in [1.165, 1.54) is 0 Å². The molecule has 0 fully saturated rings. The summed E-state index contributed by atoms with van der Waals surface area (Å²) in [5, 5.41) is 4.93. The van der Waals surface area contributed by atoms with E-state index < -0.39 is 26.8 Å². The maximum absolute atomic E-state index is 10.9. The second-order valence-electron chi connectivity index (χ2n) is 5.76. The summed E-state index contributed by atoms with van der Waals surface area (Å²) < 4.78 is 21.8. The smallest absolute Gasteiger partial charge is 0.323 e. The van der Waals surface area contributed by atoms with Crippen LogP contribution in [0.5, 0.6) is 0 Å². The lowest BCUT2D eigenvalue weighted by Crippen LogP contribution is -2.04. The highest BCUT2D eigenvalue weighted by atomic mass is 31.2. The predicted molar refractivity (Wildman–Crippen MR) is 89.4 cm³/mol. The van der Waals surface area contributed by atoms with Gasteiger partial charge in [0.05, 0.1) is 0 Å². The molecule has 142 valence electrons. The van der Waals surface area contributed by atoms with Gasteiger partial charge in [-0.2, -0.15) is 0 Å². The zero-order valence-corrected chi connectivity index (χ0v) is 15.2. The minimum Gasteiger partial charge on any atom is -0.323 e. The first-order chi connectivity index (χ1) is 11.1. The first-order valence-corrected chi connectivity index (χ1v) is 11.2. The van der Waals surface area contributed by atoms with Gasteiger partial charge in [-0.05, 0) is 12.8 Å². The second-order valence-corrected chi connectivity index (χ2v) is 9.30. The predicted octanol–water partition coefficient (Wildman–Crippen LogP) is 3.43. The molecule has 2 atom stereocenters. The van der Waals surface area contributed by atoms with Gasteiger partial charge in [0, 0.05) is 0 Å². The largest absolute Gasteiger partial charge is 0.353 e. The standard InChI is InChI=1S/C12H26N2O8P2/c15-13-11(23(17,18)19)9-7-5-3-1-2-4-6-8-10-12(14-16)24(20,21)22/h11-12H,1-10H2,(H2,17,18,19)(H2,20,21,22). The summed E-state index contributed by atoms with van der Waals surface area (Å²) in [7, 11) is -8.87. The molecule has 0 aliphatic heterocycles. The molecule has 0 aromatic carbocycles. The number of nitrogens with zero attached hydrogens (tertiary/aromatic N) is 2. The Morgan fingerprint density at radius 1 is 0.583 bits per heavy atom. The lowest BCUT2D eigenvalue weighted by molar-refractivity contribution is 0.351. The molecule has 0 heterocycles. The highest BCUT2D eigenvalue weighted by Crippen LogP contribution is 2.45. The molecule has 0 saturated carbocycles. The molecule has 0 rings (SSSR count). The van der Waals surface area contributed by atoms with Gasteiger partial charge in [0.2, 0.25) is 0 Å². The summed E-state index contributed by atoms with van der Waals surface area (Å²) in [5.74, 6) is -2.91. The topological polar surface area (TPSA) is 174 Å². The number of nitroso groups, excluding NO2 is 2. The van der Waals surface area contributed by atoms with Crippen molar-refractivity contribution in [2.75, 3.05) is 0 Å². The molecule has 0 aromatic heterocycles. The van der Waals surface area contributed by atoms with Crippen LogP contribution in [0.25, 0.3) is 0 Å². The molecule has 24 heavy (non-hydrogen) atoms. The average Bonchev–Trinajstić information content (AvgIpc) is 2.46. The van der Waals surface area contributed by atoms with Crippen LogP contribution in [0, 0.1) is 9.81 Å². The number of rotatable bonds is 15. The van der Waals surface area contributed by atoms with Crippen molar-refractivity contribution in [1.29, 1.82) is 0 Å². The molecule has 10 nitrogen and oxygen atoms in total. The Labute approximate surface area is 140 Å².